The van der Waals surface area contributed by atoms with E-state index in [4.69, 9.17) is 4.74 Å². The van der Waals surface area contributed by atoms with Crippen molar-refractivity contribution in [3.8, 4) is 0 Å². The predicted octanol–water partition coefficient (Wildman–Crippen LogP) is 4.11. The molecule has 3 aromatic carbocycles. The van der Waals surface area contributed by atoms with E-state index in [1.54, 1.807) is 30.3 Å². The number of sulfonamides is 1. The standard InChI is InChI=1S/C26H28N2O5S/c1-4-20-13-15-21(16-14-20)19(2)27-25(29)18-33-26(30)22-9-8-12-24(17-22)34(31,32)28(3)23-10-6-5-7-11-23/h5-17,19H,4,18H2,1-3H3,(H,27,29). The Balaban J connectivity index is 1.62. The first kappa shape index (κ1) is 25.0. The second-order valence-electron chi connectivity index (χ2n) is 7.80. The minimum Gasteiger partial charge on any atom is -0.452 e. The Hall–Kier alpha value is -3.65. The first-order valence-corrected chi connectivity index (χ1v) is 12.4. The molecule has 3 rings (SSSR count). The second-order valence-corrected chi connectivity index (χ2v) is 9.77. The largest absolute Gasteiger partial charge is 0.452 e. The summed E-state index contributed by atoms with van der Waals surface area (Å²) in [7, 11) is -2.44. The van der Waals surface area contributed by atoms with Gasteiger partial charge in [-0.25, -0.2) is 13.2 Å². The Labute approximate surface area is 200 Å². The number of para-hydroxylation sites is 1. The van der Waals surface area contributed by atoms with Crippen LogP contribution in [0.1, 0.15) is 41.4 Å². The molecule has 8 heteroatoms. The monoisotopic (exact) mass is 480 g/mol. The number of hydrogen-bond donors (Lipinski definition) is 1. The fraction of sp³-hybridized carbons (Fsp3) is 0.231. The number of amides is 1. The van der Waals surface area contributed by atoms with E-state index in [1.807, 2.05) is 31.2 Å². The molecule has 1 atom stereocenters. The Morgan fingerprint density at radius 1 is 0.971 bits per heavy atom. The molecule has 1 N–H and O–H groups in total. The molecule has 0 bridgehead atoms. The fourth-order valence-electron chi connectivity index (χ4n) is 3.34. The van der Waals surface area contributed by atoms with Gasteiger partial charge in [0.15, 0.2) is 6.61 Å². The normalized spacial score (nSPS) is 12.0. The molecule has 1 unspecified atom stereocenters. The van der Waals surface area contributed by atoms with E-state index in [0.29, 0.717) is 5.69 Å². The summed E-state index contributed by atoms with van der Waals surface area (Å²) >= 11 is 0. The highest BCUT2D eigenvalue weighted by atomic mass is 32.2. The number of benzene rings is 3. The maximum atomic E-state index is 13.0. The van der Waals surface area contributed by atoms with Gasteiger partial charge >= 0.3 is 5.97 Å². The van der Waals surface area contributed by atoms with Crippen molar-refractivity contribution >= 4 is 27.6 Å². The predicted molar refractivity (Wildman–Crippen MR) is 131 cm³/mol. The molecular formula is C26H28N2O5S. The van der Waals surface area contributed by atoms with Crippen LogP contribution in [0.4, 0.5) is 5.69 Å². The molecule has 3 aromatic rings. The zero-order valence-corrected chi connectivity index (χ0v) is 20.2. The number of aryl methyl sites for hydroxylation is 1. The van der Waals surface area contributed by atoms with Crippen LogP contribution in [-0.2, 0) is 26.0 Å². The van der Waals surface area contributed by atoms with E-state index < -0.39 is 28.5 Å². The molecule has 0 saturated carbocycles. The molecule has 1 amide bonds. The molecule has 0 aliphatic rings. The van der Waals surface area contributed by atoms with Gasteiger partial charge in [-0.05, 0) is 54.8 Å². The summed E-state index contributed by atoms with van der Waals surface area (Å²) in [6, 6.07) is 21.8. The second kappa shape index (κ2) is 11.0. The van der Waals surface area contributed by atoms with Crippen molar-refractivity contribution in [1.82, 2.24) is 5.32 Å². The number of carbonyl (C=O) groups is 2. The highest BCUT2D eigenvalue weighted by Gasteiger charge is 2.23. The molecule has 0 spiro atoms. The van der Waals surface area contributed by atoms with E-state index in [2.05, 4.69) is 12.2 Å². The van der Waals surface area contributed by atoms with Gasteiger partial charge in [0.05, 0.1) is 22.2 Å². The van der Waals surface area contributed by atoms with Gasteiger partial charge in [-0.3, -0.25) is 9.10 Å². The van der Waals surface area contributed by atoms with Crippen LogP contribution in [0.25, 0.3) is 0 Å². The third-order valence-electron chi connectivity index (χ3n) is 5.45. The summed E-state index contributed by atoms with van der Waals surface area (Å²) in [6.45, 7) is 3.44. The molecule has 34 heavy (non-hydrogen) atoms. The summed E-state index contributed by atoms with van der Waals surface area (Å²) in [5.41, 5.74) is 2.68. The van der Waals surface area contributed by atoms with Gasteiger partial charge in [0, 0.05) is 7.05 Å². The van der Waals surface area contributed by atoms with E-state index in [-0.39, 0.29) is 16.5 Å². The summed E-state index contributed by atoms with van der Waals surface area (Å²) < 4.78 is 32.2. The van der Waals surface area contributed by atoms with Crippen LogP contribution in [0.15, 0.2) is 83.8 Å². The van der Waals surface area contributed by atoms with Gasteiger partial charge in [0.1, 0.15) is 0 Å². The van der Waals surface area contributed by atoms with Crippen LogP contribution in [0.5, 0.6) is 0 Å². The van der Waals surface area contributed by atoms with E-state index >= 15 is 0 Å². The SMILES string of the molecule is CCc1ccc(C(C)NC(=O)COC(=O)c2cccc(S(=O)(=O)N(C)c3ccccc3)c2)cc1. The summed E-state index contributed by atoms with van der Waals surface area (Å²) in [5, 5.41) is 2.79. The number of carbonyl (C=O) groups excluding carboxylic acids is 2. The van der Waals surface area contributed by atoms with Gasteiger partial charge in [0.25, 0.3) is 15.9 Å². The van der Waals surface area contributed by atoms with Crippen LogP contribution < -0.4 is 9.62 Å². The molecule has 0 aliphatic heterocycles. The number of anilines is 1. The fourth-order valence-corrected chi connectivity index (χ4v) is 4.58. The third-order valence-corrected chi connectivity index (χ3v) is 7.23. The minimum atomic E-state index is -3.88. The lowest BCUT2D eigenvalue weighted by molar-refractivity contribution is -0.124. The van der Waals surface area contributed by atoms with Gasteiger partial charge in [0.2, 0.25) is 0 Å². The maximum absolute atomic E-state index is 13.0. The van der Waals surface area contributed by atoms with Crippen LogP contribution in [0, 0.1) is 0 Å². The first-order valence-electron chi connectivity index (χ1n) is 10.9. The van der Waals surface area contributed by atoms with Crippen LogP contribution in [0.3, 0.4) is 0 Å². The summed E-state index contributed by atoms with van der Waals surface area (Å²) in [5.74, 6) is -1.23. The van der Waals surface area contributed by atoms with E-state index in [9.17, 15) is 18.0 Å². The van der Waals surface area contributed by atoms with Gasteiger partial charge in [-0.2, -0.15) is 0 Å². The Bertz CT molecular complexity index is 1240. The number of rotatable bonds is 9. The lowest BCUT2D eigenvalue weighted by Gasteiger charge is -2.19. The van der Waals surface area contributed by atoms with Crippen molar-refractivity contribution in [1.29, 1.82) is 0 Å². The average Bonchev–Trinajstić information content (AvgIpc) is 2.87. The molecular weight excluding hydrogens is 452 g/mol. The zero-order valence-electron chi connectivity index (χ0n) is 19.4. The Morgan fingerprint density at radius 3 is 2.29 bits per heavy atom. The average molecular weight is 481 g/mol. The smallest absolute Gasteiger partial charge is 0.338 e. The first-order chi connectivity index (χ1) is 16.2. The van der Waals surface area contributed by atoms with Gasteiger partial charge in [-0.15, -0.1) is 0 Å². The number of esters is 1. The molecule has 0 saturated heterocycles. The number of nitrogens with zero attached hydrogens (tertiary/aromatic N) is 1. The number of ether oxygens (including phenoxy) is 1. The van der Waals surface area contributed by atoms with Crippen LogP contribution in [-0.4, -0.2) is 33.9 Å². The highest BCUT2D eigenvalue weighted by molar-refractivity contribution is 7.92. The number of nitrogens with one attached hydrogen (secondary N) is 1. The van der Waals surface area contributed by atoms with Crippen LogP contribution >= 0.6 is 0 Å². The highest BCUT2D eigenvalue weighted by Crippen LogP contribution is 2.22. The van der Waals surface area contributed by atoms with Gasteiger partial charge in [-0.1, -0.05) is 55.5 Å². The topological polar surface area (TPSA) is 92.8 Å². The lowest BCUT2D eigenvalue weighted by atomic mass is 10.1. The Morgan fingerprint density at radius 2 is 1.65 bits per heavy atom. The van der Waals surface area contributed by atoms with Crippen molar-refractivity contribution in [3.05, 3.63) is 95.6 Å². The Kier molecular flexibility index (Phi) is 8.07. The van der Waals surface area contributed by atoms with Crippen molar-refractivity contribution in [3.63, 3.8) is 0 Å². The zero-order chi connectivity index (χ0) is 24.7. The van der Waals surface area contributed by atoms with Crippen LogP contribution in [0.2, 0.25) is 0 Å². The van der Waals surface area contributed by atoms with Gasteiger partial charge < -0.3 is 10.1 Å². The molecule has 0 heterocycles. The van der Waals surface area contributed by atoms with E-state index in [1.165, 1.54) is 36.9 Å². The molecule has 178 valence electrons. The lowest BCUT2D eigenvalue weighted by Crippen LogP contribution is -2.31. The molecule has 0 radical (unpaired) electrons. The van der Waals surface area contributed by atoms with E-state index in [0.717, 1.165) is 16.3 Å². The molecule has 7 nitrogen and oxygen atoms in total. The summed E-state index contributed by atoms with van der Waals surface area (Å²) in [4.78, 5) is 24.7. The molecule has 0 aromatic heterocycles. The summed E-state index contributed by atoms with van der Waals surface area (Å²) in [6.07, 6.45) is 0.933. The quantitative estimate of drug-likeness (QED) is 0.466. The maximum Gasteiger partial charge on any atom is 0.338 e. The van der Waals surface area contributed by atoms with Crippen molar-refractivity contribution in [2.45, 2.75) is 31.2 Å². The van der Waals surface area contributed by atoms with Crippen molar-refractivity contribution in [2.24, 2.45) is 0 Å². The third kappa shape index (κ3) is 6.02. The van der Waals surface area contributed by atoms with Crippen molar-refractivity contribution < 1.29 is 22.7 Å². The molecule has 0 fully saturated rings. The minimum absolute atomic E-state index is 0.0403. The molecule has 0 aliphatic carbocycles. The van der Waals surface area contributed by atoms with Crippen molar-refractivity contribution in [2.75, 3.05) is 18.0 Å². The number of hydrogen-bond acceptors (Lipinski definition) is 5.